The Morgan fingerprint density at radius 1 is 1.10 bits per heavy atom. The zero-order chi connectivity index (χ0) is 23.2. The van der Waals surface area contributed by atoms with Crippen molar-refractivity contribution in [3.8, 4) is 11.5 Å². The number of benzene rings is 2. The van der Waals surface area contributed by atoms with E-state index >= 15 is 0 Å². The number of hydrogen-bond acceptors (Lipinski definition) is 7. The number of esters is 1. The van der Waals surface area contributed by atoms with Gasteiger partial charge in [0.2, 0.25) is 0 Å². The molecule has 166 valence electrons. The van der Waals surface area contributed by atoms with Crippen LogP contribution in [0.4, 0.5) is 13.6 Å². The second kappa shape index (κ2) is 10.0. The highest BCUT2D eigenvalue weighted by Crippen LogP contribution is 2.30. The van der Waals surface area contributed by atoms with Gasteiger partial charge in [0, 0.05) is 5.57 Å². The molecule has 0 saturated carbocycles. The SMILES string of the molecule is CCOC(=O)NS(=O)(=O)c1ccc(Oc2c(F)cc(C=C(C)C(=O)OC)cc2F)cc1. The fourth-order valence-corrected chi connectivity index (χ4v) is 3.25. The lowest BCUT2D eigenvalue weighted by Crippen LogP contribution is -2.31. The number of ether oxygens (including phenoxy) is 3. The van der Waals surface area contributed by atoms with Crippen LogP contribution in [-0.4, -0.2) is 34.2 Å². The van der Waals surface area contributed by atoms with Gasteiger partial charge in [0.1, 0.15) is 5.75 Å². The van der Waals surface area contributed by atoms with Crippen molar-refractivity contribution >= 4 is 28.2 Å². The summed E-state index contributed by atoms with van der Waals surface area (Å²) in [6.45, 7) is 2.93. The van der Waals surface area contributed by atoms with Crippen LogP contribution in [0.1, 0.15) is 19.4 Å². The Labute approximate surface area is 177 Å². The second-order valence-corrected chi connectivity index (χ2v) is 7.71. The van der Waals surface area contributed by atoms with E-state index in [0.717, 1.165) is 36.4 Å². The third kappa shape index (κ3) is 6.25. The predicted octanol–water partition coefficient (Wildman–Crippen LogP) is 3.77. The van der Waals surface area contributed by atoms with E-state index in [1.165, 1.54) is 27.0 Å². The van der Waals surface area contributed by atoms with Crippen LogP contribution in [0.3, 0.4) is 0 Å². The molecule has 0 aliphatic heterocycles. The standard InChI is InChI=1S/C20H19F2NO7S/c1-4-29-20(25)23-31(26,27)15-7-5-14(6-8-15)30-18-16(21)10-13(11-17(18)22)9-12(2)19(24)28-3/h5-11H,4H2,1-3H3,(H,23,25). The highest BCUT2D eigenvalue weighted by atomic mass is 32.2. The van der Waals surface area contributed by atoms with Crippen molar-refractivity contribution in [1.82, 2.24) is 4.72 Å². The predicted molar refractivity (Wildman–Crippen MR) is 106 cm³/mol. The molecule has 0 heterocycles. The summed E-state index contributed by atoms with van der Waals surface area (Å²) in [5.41, 5.74) is 0.222. The van der Waals surface area contributed by atoms with Gasteiger partial charge in [-0.1, -0.05) is 0 Å². The van der Waals surface area contributed by atoms with Crippen LogP contribution in [0.2, 0.25) is 0 Å². The van der Waals surface area contributed by atoms with E-state index < -0.39 is 39.5 Å². The van der Waals surface area contributed by atoms with Gasteiger partial charge in [0.05, 0.1) is 18.6 Å². The van der Waals surface area contributed by atoms with Gasteiger partial charge in [0.15, 0.2) is 17.4 Å². The molecule has 0 bridgehead atoms. The smallest absolute Gasteiger partial charge is 0.421 e. The minimum absolute atomic E-state index is 0.0118. The number of hydrogen-bond donors (Lipinski definition) is 1. The van der Waals surface area contributed by atoms with Gasteiger partial charge < -0.3 is 14.2 Å². The van der Waals surface area contributed by atoms with E-state index in [-0.39, 0.29) is 28.4 Å². The molecule has 0 aliphatic rings. The van der Waals surface area contributed by atoms with Crippen LogP contribution in [0, 0.1) is 11.6 Å². The molecule has 0 radical (unpaired) electrons. The first-order valence-electron chi connectivity index (χ1n) is 8.80. The summed E-state index contributed by atoms with van der Waals surface area (Å²) in [5.74, 6) is -3.49. The molecule has 1 N–H and O–H groups in total. The molecule has 8 nitrogen and oxygen atoms in total. The zero-order valence-electron chi connectivity index (χ0n) is 16.8. The van der Waals surface area contributed by atoms with Gasteiger partial charge in [-0.2, -0.15) is 0 Å². The van der Waals surface area contributed by atoms with E-state index in [1.54, 1.807) is 4.72 Å². The van der Waals surface area contributed by atoms with Crippen molar-refractivity contribution in [2.24, 2.45) is 0 Å². The third-order valence-corrected chi connectivity index (χ3v) is 5.09. The summed E-state index contributed by atoms with van der Waals surface area (Å²) in [4.78, 5) is 22.4. The van der Waals surface area contributed by atoms with Gasteiger partial charge in [-0.25, -0.2) is 31.5 Å². The van der Waals surface area contributed by atoms with Crippen LogP contribution in [0.25, 0.3) is 6.08 Å². The Bertz CT molecular complexity index is 1090. The summed E-state index contributed by atoms with van der Waals surface area (Å²) in [5, 5.41) is 0. The normalized spacial score (nSPS) is 11.6. The average Bonchev–Trinajstić information content (AvgIpc) is 2.70. The molecule has 31 heavy (non-hydrogen) atoms. The Hall–Kier alpha value is -3.47. The molecule has 0 aliphatic carbocycles. The highest BCUT2D eigenvalue weighted by molar-refractivity contribution is 7.90. The van der Waals surface area contributed by atoms with Gasteiger partial charge in [-0.3, -0.25) is 0 Å². The second-order valence-electron chi connectivity index (χ2n) is 6.03. The van der Waals surface area contributed by atoms with Crippen molar-refractivity contribution in [2.75, 3.05) is 13.7 Å². The summed E-state index contributed by atoms with van der Waals surface area (Å²) >= 11 is 0. The lowest BCUT2D eigenvalue weighted by Gasteiger charge is -2.10. The lowest BCUT2D eigenvalue weighted by atomic mass is 10.1. The Morgan fingerprint density at radius 3 is 2.19 bits per heavy atom. The summed E-state index contributed by atoms with van der Waals surface area (Å²) in [6.07, 6.45) is 0.112. The molecule has 0 unspecified atom stereocenters. The molecule has 0 spiro atoms. The van der Waals surface area contributed by atoms with Crippen molar-refractivity contribution in [2.45, 2.75) is 18.7 Å². The van der Waals surface area contributed by atoms with Gasteiger partial charge in [-0.05, 0) is 61.9 Å². The minimum atomic E-state index is -4.19. The molecule has 2 aromatic rings. The Balaban J connectivity index is 2.22. The number of methoxy groups -OCH3 is 1. The third-order valence-electron chi connectivity index (χ3n) is 3.76. The maximum Gasteiger partial charge on any atom is 0.421 e. The van der Waals surface area contributed by atoms with Crippen LogP contribution < -0.4 is 9.46 Å². The number of sulfonamides is 1. The van der Waals surface area contributed by atoms with E-state index in [9.17, 15) is 26.8 Å². The molecule has 2 aromatic carbocycles. The monoisotopic (exact) mass is 455 g/mol. The molecule has 2 rings (SSSR count). The summed E-state index contributed by atoms with van der Waals surface area (Å²) in [7, 11) is -3.00. The van der Waals surface area contributed by atoms with Crippen molar-refractivity contribution in [3.63, 3.8) is 0 Å². The molecule has 0 atom stereocenters. The lowest BCUT2D eigenvalue weighted by molar-refractivity contribution is -0.135. The van der Waals surface area contributed by atoms with Crippen molar-refractivity contribution in [1.29, 1.82) is 0 Å². The maximum atomic E-state index is 14.3. The van der Waals surface area contributed by atoms with Gasteiger partial charge in [0.25, 0.3) is 10.0 Å². The minimum Gasteiger partial charge on any atom is -0.466 e. The number of carbonyl (C=O) groups excluding carboxylic acids is 2. The van der Waals surface area contributed by atoms with E-state index in [0.29, 0.717) is 0 Å². The molecule has 0 saturated heterocycles. The van der Waals surface area contributed by atoms with Gasteiger partial charge >= 0.3 is 12.1 Å². The molecule has 1 amide bonds. The van der Waals surface area contributed by atoms with Crippen molar-refractivity contribution < 1.29 is 41.0 Å². The molecule has 11 heteroatoms. The average molecular weight is 455 g/mol. The summed E-state index contributed by atoms with van der Waals surface area (Å²) in [6, 6.07) is 6.43. The molecule has 0 aromatic heterocycles. The van der Waals surface area contributed by atoms with Gasteiger partial charge in [-0.15, -0.1) is 0 Å². The van der Waals surface area contributed by atoms with E-state index in [2.05, 4.69) is 9.47 Å². The topological polar surface area (TPSA) is 108 Å². The zero-order valence-corrected chi connectivity index (χ0v) is 17.6. The van der Waals surface area contributed by atoms with Crippen LogP contribution >= 0.6 is 0 Å². The number of rotatable bonds is 7. The number of carbonyl (C=O) groups is 2. The van der Waals surface area contributed by atoms with Crippen molar-refractivity contribution in [3.05, 3.63) is 59.2 Å². The van der Waals surface area contributed by atoms with Crippen LogP contribution in [0.5, 0.6) is 11.5 Å². The van der Waals surface area contributed by atoms with Crippen LogP contribution in [0.15, 0.2) is 46.9 Å². The first kappa shape index (κ1) is 23.8. The van der Waals surface area contributed by atoms with E-state index in [1.807, 2.05) is 0 Å². The molecule has 0 fully saturated rings. The summed E-state index contributed by atoms with van der Waals surface area (Å²) < 4.78 is 68.8. The molecular weight excluding hydrogens is 436 g/mol. The fraction of sp³-hybridized carbons (Fsp3) is 0.200. The van der Waals surface area contributed by atoms with E-state index in [4.69, 9.17) is 4.74 Å². The number of nitrogens with one attached hydrogen (secondary N) is 1. The fourth-order valence-electron chi connectivity index (χ4n) is 2.36. The Morgan fingerprint density at radius 2 is 1.68 bits per heavy atom. The number of amides is 1. The largest absolute Gasteiger partial charge is 0.466 e. The van der Waals surface area contributed by atoms with Crippen LogP contribution in [-0.2, 0) is 24.3 Å². The first-order chi connectivity index (χ1) is 14.6. The highest BCUT2D eigenvalue weighted by Gasteiger charge is 2.19. The first-order valence-corrected chi connectivity index (χ1v) is 10.3. The number of halogens is 2. The molecular formula is C20H19F2NO7S. The maximum absolute atomic E-state index is 14.3. The quantitative estimate of drug-likeness (QED) is 0.500. The Kier molecular flexibility index (Phi) is 7.70.